The van der Waals surface area contributed by atoms with E-state index in [1.807, 2.05) is 6.92 Å². The minimum absolute atomic E-state index is 0.0585. The minimum atomic E-state index is -3.42. The van der Waals surface area contributed by atoms with Crippen LogP contribution in [0.25, 0.3) is 0 Å². The van der Waals surface area contributed by atoms with E-state index in [0.717, 1.165) is 16.9 Å². The average molecular weight is 310 g/mol. The van der Waals surface area contributed by atoms with Crippen molar-refractivity contribution >= 4 is 33.0 Å². The Balaban J connectivity index is 2.28. The fraction of sp³-hybridized carbons (Fsp3) is 0.636. The summed E-state index contributed by atoms with van der Waals surface area (Å²) in [6.45, 7) is 2.98. The van der Waals surface area contributed by atoms with E-state index in [0.29, 0.717) is 23.3 Å². The van der Waals surface area contributed by atoms with E-state index in [-0.39, 0.29) is 6.04 Å². The van der Waals surface area contributed by atoms with Gasteiger partial charge in [-0.1, -0.05) is 0 Å². The van der Waals surface area contributed by atoms with Crippen LogP contribution in [0.3, 0.4) is 0 Å². The molecule has 7 heteroatoms. The lowest BCUT2D eigenvalue weighted by Crippen LogP contribution is -2.36. The smallest absolute Gasteiger partial charge is 0.252 e. The van der Waals surface area contributed by atoms with Crippen molar-refractivity contribution in [2.75, 3.05) is 20.3 Å². The van der Waals surface area contributed by atoms with Crippen LogP contribution in [0.1, 0.15) is 16.9 Å². The van der Waals surface area contributed by atoms with E-state index >= 15 is 0 Å². The second-order valence-electron chi connectivity index (χ2n) is 4.34. The lowest BCUT2D eigenvalue weighted by molar-refractivity contribution is 0.181. The maximum atomic E-state index is 12.4. The number of sulfonamides is 1. The molecule has 0 spiro atoms. The minimum Gasteiger partial charge on any atom is -0.380 e. The van der Waals surface area contributed by atoms with Gasteiger partial charge in [0.25, 0.3) is 10.0 Å². The van der Waals surface area contributed by atoms with Gasteiger partial charge in [0.2, 0.25) is 0 Å². The lowest BCUT2D eigenvalue weighted by Gasteiger charge is -2.21. The molecule has 2 heterocycles. The summed E-state index contributed by atoms with van der Waals surface area (Å²) in [4.78, 5) is 0.909. The Bertz CT molecular complexity index is 520. The lowest BCUT2D eigenvalue weighted by atomic mass is 10.3. The molecule has 2 rings (SSSR count). The van der Waals surface area contributed by atoms with Crippen LogP contribution in [0.4, 0.5) is 0 Å². The molecule has 1 aliphatic rings. The highest BCUT2D eigenvalue weighted by Gasteiger charge is 2.32. The van der Waals surface area contributed by atoms with Crippen molar-refractivity contribution in [3.05, 3.63) is 16.5 Å². The van der Waals surface area contributed by atoms with Gasteiger partial charge in [0.05, 0.1) is 18.5 Å². The second-order valence-corrected chi connectivity index (χ2v) is 7.97. The number of thiophene rings is 1. The molecule has 1 aliphatic heterocycles. The molecule has 1 atom stereocenters. The molecule has 1 fully saturated rings. The highest BCUT2D eigenvalue weighted by molar-refractivity contribution is 7.91. The number of hydrogen-bond donors (Lipinski definition) is 0. The maximum absolute atomic E-state index is 12.4. The Kier molecular flexibility index (Phi) is 4.33. The van der Waals surface area contributed by atoms with Crippen LogP contribution in [0.2, 0.25) is 0 Å². The van der Waals surface area contributed by atoms with Crippen LogP contribution in [0.5, 0.6) is 0 Å². The fourth-order valence-electron chi connectivity index (χ4n) is 1.90. The predicted molar refractivity (Wildman–Crippen MR) is 72.8 cm³/mol. The van der Waals surface area contributed by atoms with Crippen molar-refractivity contribution < 1.29 is 13.2 Å². The van der Waals surface area contributed by atoms with Crippen LogP contribution in [0.15, 0.2) is 10.3 Å². The first-order valence-corrected chi connectivity index (χ1v) is 8.47. The molecule has 0 saturated carbocycles. The molecule has 18 heavy (non-hydrogen) atoms. The van der Waals surface area contributed by atoms with Crippen LogP contribution < -0.4 is 0 Å². The highest BCUT2D eigenvalue weighted by Crippen LogP contribution is 2.30. The van der Waals surface area contributed by atoms with E-state index in [2.05, 4.69) is 0 Å². The number of likely N-dealkylation sites (N-methyl/N-ethyl adjacent to an activating group) is 1. The summed E-state index contributed by atoms with van der Waals surface area (Å²) >= 11 is 7.04. The van der Waals surface area contributed by atoms with E-state index in [4.69, 9.17) is 16.3 Å². The Labute approximate surface area is 117 Å². The van der Waals surface area contributed by atoms with Crippen molar-refractivity contribution in [2.24, 2.45) is 0 Å². The Morgan fingerprint density at radius 3 is 2.83 bits per heavy atom. The maximum Gasteiger partial charge on any atom is 0.252 e. The molecule has 1 aromatic rings. The third-order valence-corrected chi connectivity index (χ3v) is 7.19. The van der Waals surface area contributed by atoms with Crippen molar-refractivity contribution in [1.29, 1.82) is 0 Å². The van der Waals surface area contributed by atoms with E-state index < -0.39 is 10.0 Å². The third-order valence-electron chi connectivity index (χ3n) is 3.17. The zero-order chi connectivity index (χ0) is 13.3. The first-order chi connectivity index (χ1) is 8.46. The number of hydrogen-bond acceptors (Lipinski definition) is 4. The number of alkyl halides is 1. The molecular weight excluding hydrogens is 294 g/mol. The van der Waals surface area contributed by atoms with Crippen molar-refractivity contribution in [2.45, 2.75) is 29.5 Å². The largest absolute Gasteiger partial charge is 0.380 e. The number of nitrogens with zero attached hydrogens (tertiary/aromatic N) is 1. The van der Waals surface area contributed by atoms with E-state index in [1.165, 1.54) is 15.6 Å². The standard InChI is InChI=1S/C11H16ClNO3S2/c1-8-5-11(17-10(8)6-12)18(14,15)13(2)9-3-4-16-7-9/h5,9H,3-4,6-7H2,1-2H3. The summed E-state index contributed by atoms with van der Waals surface area (Å²) in [6.07, 6.45) is 0.752. The average Bonchev–Trinajstić information content (AvgIpc) is 2.96. The molecule has 0 aromatic carbocycles. The van der Waals surface area contributed by atoms with Crippen molar-refractivity contribution in [3.8, 4) is 0 Å². The molecule has 1 unspecified atom stereocenters. The Morgan fingerprint density at radius 2 is 2.33 bits per heavy atom. The predicted octanol–water partition coefficient (Wildman–Crippen LogP) is 2.20. The van der Waals surface area contributed by atoms with Crippen LogP contribution in [-0.4, -0.2) is 39.0 Å². The van der Waals surface area contributed by atoms with Gasteiger partial charge >= 0.3 is 0 Å². The quantitative estimate of drug-likeness (QED) is 0.801. The molecule has 0 bridgehead atoms. The van der Waals surface area contributed by atoms with Gasteiger partial charge in [-0.05, 0) is 25.0 Å². The van der Waals surface area contributed by atoms with Gasteiger partial charge in [0.1, 0.15) is 4.21 Å². The summed E-state index contributed by atoms with van der Waals surface area (Å²) in [7, 11) is -1.81. The third kappa shape index (κ3) is 2.58. The first kappa shape index (κ1) is 14.3. The zero-order valence-corrected chi connectivity index (χ0v) is 12.7. The topological polar surface area (TPSA) is 46.6 Å². The Morgan fingerprint density at radius 1 is 1.61 bits per heavy atom. The summed E-state index contributed by atoms with van der Waals surface area (Å²) in [6, 6.07) is 1.64. The first-order valence-electron chi connectivity index (χ1n) is 5.68. The van der Waals surface area contributed by atoms with Gasteiger partial charge in [-0.3, -0.25) is 0 Å². The van der Waals surface area contributed by atoms with Gasteiger partial charge in [0, 0.05) is 18.5 Å². The normalized spacial score (nSPS) is 20.8. The van der Waals surface area contributed by atoms with Crippen LogP contribution in [0, 0.1) is 6.92 Å². The molecular formula is C11H16ClNO3S2. The summed E-state index contributed by atoms with van der Waals surface area (Å²) < 4.78 is 31.9. The summed E-state index contributed by atoms with van der Waals surface area (Å²) in [5.74, 6) is 0.349. The molecule has 0 aliphatic carbocycles. The van der Waals surface area contributed by atoms with Gasteiger partial charge < -0.3 is 4.74 Å². The molecule has 4 nitrogen and oxygen atoms in total. The Hall–Kier alpha value is -0.140. The zero-order valence-electron chi connectivity index (χ0n) is 10.3. The molecule has 0 N–H and O–H groups in total. The van der Waals surface area contributed by atoms with Crippen LogP contribution >= 0.6 is 22.9 Å². The van der Waals surface area contributed by atoms with Crippen molar-refractivity contribution in [1.82, 2.24) is 4.31 Å². The molecule has 0 amide bonds. The van der Waals surface area contributed by atoms with E-state index in [9.17, 15) is 8.42 Å². The molecule has 102 valence electrons. The van der Waals surface area contributed by atoms with Gasteiger partial charge in [0.15, 0.2) is 0 Å². The molecule has 0 radical (unpaired) electrons. The monoisotopic (exact) mass is 309 g/mol. The van der Waals surface area contributed by atoms with Gasteiger partial charge in [-0.15, -0.1) is 22.9 Å². The number of ether oxygens (including phenoxy) is 1. The number of halogens is 1. The molecule has 1 saturated heterocycles. The number of aryl methyl sites for hydroxylation is 1. The fourth-order valence-corrected chi connectivity index (χ4v) is 5.27. The highest BCUT2D eigenvalue weighted by atomic mass is 35.5. The van der Waals surface area contributed by atoms with Crippen molar-refractivity contribution in [3.63, 3.8) is 0 Å². The van der Waals surface area contributed by atoms with Crippen LogP contribution in [-0.2, 0) is 20.6 Å². The summed E-state index contributed by atoms with van der Waals surface area (Å²) in [5, 5.41) is 0. The molecule has 1 aromatic heterocycles. The van der Waals surface area contributed by atoms with E-state index in [1.54, 1.807) is 13.1 Å². The van der Waals surface area contributed by atoms with Gasteiger partial charge in [-0.2, -0.15) is 4.31 Å². The second kappa shape index (κ2) is 5.46. The summed E-state index contributed by atoms with van der Waals surface area (Å²) in [5.41, 5.74) is 0.935. The van der Waals surface area contributed by atoms with Gasteiger partial charge in [-0.25, -0.2) is 8.42 Å². The number of rotatable bonds is 4. The SMILES string of the molecule is Cc1cc(S(=O)(=O)N(C)C2CCOC2)sc1CCl.